The minimum absolute atomic E-state index is 0.0581. The van der Waals surface area contributed by atoms with Crippen LogP contribution >= 0.6 is 0 Å². The van der Waals surface area contributed by atoms with Gasteiger partial charge in [0.25, 0.3) is 11.8 Å². The Balaban J connectivity index is 1.44. The third-order valence-electron chi connectivity index (χ3n) is 7.33. The highest BCUT2D eigenvalue weighted by atomic mass is 32.2. The number of anilines is 1. The number of amides is 2. The number of sulfonamides is 1. The van der Waals surface area contributed by atoms with Gasteiger partial charge in [0.05, 0.1) is 21.7 Å². The third kappa shape index (κ3) is 4.02. The summed E-state index contributed by atoms with van der Waals surface area (Å²) in [6.07, 6.45) is 10.3. The molecule has 0 saturated heterocycles. The van der Waals surface area contributed by atoms with Gasteiger partial charge in [-0.2, -0.15) is 4.31 Å². The van der Waals surface area contributed by atoms with Crippen LogP contribution in [0, 0.1) is 0 Å². The Morgan fingerprint density at radius 2 is 1.12 bits per heavy atom. The van der Waals surface area contributed by atoms with Gasteiger partial charge in [-0.1, -0.05) is 50.7 Å². The molecule has 0 unspecified atom stereocenters. The van der Waals surface area contributed by atoms with Crippen LogP contribution < -0.4 is 4.90 Å². The molecule has 2 saturated carbocycles. The molecule has 2 aliphatic carbocycles. The summed E-state index contributed by atoms with van der Waals surface area (Å²) < 4.78 is 29.5. The number of carbonyl (C=O) groups excluding carboxylic acids is 2. The van der Waals surface area contributed by atoms with Gasteiger partial charge in [-0.25, -0.2) is 13.3 Å². The average Bonchev–Trinajstić information content (AvgIpc) is 3.10. The van der Waals surface area contributed by atoms with E-state index in [-0.39, 0.29) is 28.8 Å². The Bertz CT molecular complexity index is 1090. The van der Waals surface area contributed by atoms with Crippen molar-refractivity contribution in [2.24, 2.45) is 0 Å². The maximum Gasteiger partial charge on any atom is 0.266 e. The molecule has 5 rings (SSSR count). The van der Waals surface area contributed by atoms with Crippen molar-refractivity contribution in [1.82, 2.24) is 4.31 Å². The number of hydrogen-bond acceptors (Lipinski definition) is 4. The molecular weight excluding hydrogens is 436 g/mol. The summed E-state index contributed by atoms with van der Waals surface area (Å²) in [7, 11) is -3.68. The lowest BCUT2D eigenvalue weighted by atomic mass is 9.91. The molecule has 2 amide bonds. The molecule has 0 aromatic heterocycles. The first kappa shape index (κ1) is 22.3. The molecule has 3 aliphatic rings. The van der Waals surface area contributed by atoms with E-state index in [0.717, 1.165) is 56.3 Å². The predicted molar refractivity (Wildman–Crippen MR) is 127 cm³/mol. The predicted octanol–water partition coefficient (Wildman–Crippen LogP) is 5.14. The van der Waals surface area contributed by atoms with E-state index >= 15 is 0 Å². The lowest BCUT2D eigenvalue weighted by molar-refractivity contribution is 0.0926. The topological polar surface area (TPSA) is 74.8 Å². The molecule has 0 spiro atoms. The highest BCUT2D eigenvalue weighted by Crippen LogP contribution is 2.36. The fourth-order valence-electron chi connectivity index (χ4n) is 5.67. The van der Waals surface area contributed by atoms with E-state index in [4.69, 9.17) is 0 Å². The fraction of sp³-hybridized carbons (Fsp3) is 0.462. The highest BCUT2D eigenvalue weighted by Gasteiger charge is 2.39. The molecule has 174 valence electrons. The zero-order chi connectivity index (χ0) is 23.0. The van der Waals surface area contributed by atoms with Crippen LogP contribution in [0.25, 0.3) is 0 Å². The first-order chi connectivity index (χ1) is 16.0. The van der Waals surface area contributed by atoms with Crippen molar-refractivity contribution in [3.8, 4) is 0 Å². The zero-order valence-corrected chi connectivity index (χ0v) is 19.6. The Morgan fingerprint density at radius 1 is 0.667 bits per heavy atom. The second kappa shape index (κ2) is 9.03. The summed E-state index contributed by atoms with van der Waals surface area (Å²) in [5, 5.41) is 0. The highest BCUT2D eigenvalue weighted by molar-refractivity contribution is 7.89. The molecule has 6 nitrogen and oxygen atoms in total. The van der Waals surface area contributed by atoms with Gasteiger partial charge >= 0.3 is 0 Å². The Kier molecular flexibility index (Phi) is 6.10. The van der Waals surface area contributed by atoms with Crippen LogP contribution in [0.2, 0.25) is 0 Å². The Morgan fingerprint density at radius 3 is 1.58 bits per heavy atom. The summed E-state index contributed by atoms with van der Waals surface area (Å²) in [4.78, 5) is 26.9. The number of rotatable bonds is 5. The van der Waals surface area contributed by atoms with Crippen LogP contribution in [-0.2, 0) is 10.0 Å². The number of hydrogen-bond donors (Lipinski definition) is 0. The molecule has 1 aliphatic heterocycles. The van der Waals surface area contributed by atoms with E-state index in [9.17, 15) is 18.0 Å². The smallest absolute Gasteiger partial charge is 0.266 e. The average molecular weight is 467 g/mol. The lowest BCUT2D eigenvalue weighted by Gasteiger charge is -2.40. The van der Waals surface area contributed by atoms with Gasteiger partial charge < -0.3 is 0 Å². The second-order valence-corrected chi connectivity index (χ2v) is 11.2. The lowest BCUT2D eigenvalue weighted by Crippen LogP contribution is -2.48. The van der Waals surface area contributed by atoms with E-state index in [2.05, 4.69) is 0 Å². The van der Waals surface area contributed by atoms with Gasteiger partial charge in [-0.15, -0.1) is 0 Å². The Hall–Kier alpha value is -2.51. The van der Waals surface area contributed by atoms with Gasteiger partial charge in [0, 0.05) is 12.1 Å². The summed E-state index contributed by atoms with van der Waals surface area (Å²) in [5.74, 6) is -0.755. The molecule has 0 radical (unpaired) electrons. The molecule has 1 heterocycles. The molecular formula is C26H30N2O4S. The maximum atomic E-state index is 13.8. The zero-order valence-electron chi connectivity index (χ0n) is 18.8. The van der Waals surface area contributed by atoms with Crippen molar-refractivity contribution in [2.75, 3.05) is 4.90 Å². The first-order valence-corrected chi connectivity index (χ1v) is 13.5. The van der Waals surface area contributed by atoms with Crippen molar-refractivity contribution in [1.29, 1.82) is 0 Å². The normalized spacial score (nSPS) is 20.5. The van der Waals surface area contributed by atoms with Gasteiger partial charge in [0.1, 0.15) is 0 Å². The van der Waals surface area contributed by atoms with Crippen molar-refractivity contribution >= 4 is 27.5 Å². The van der Waals surface area contributed by atoms with Crippen LogP contribution in [-0.4, -0.2) is 36.6 Å². The minimum Gasteiger partial charge on any atom is -0.268 e. The van der Waals surface area contributed by atoms with Crippen LogP contribution in [0.1, 0.15) is 84.9 Å². The number of carbonyl (C=O) groups is 2. The second-order valence-electron chi connectivity index (χ2n) is 9.40. The van der Waals surface area contributed by atoms with Crippen LogP contribution in [0.4, 0.5) is 5.69 Å². The molecule has 2 fully saturated rings. The Labute approximate surface area is 195 Å². The molecule has 0 bridgehead atoms. The standard InChI is InChI=1S/C26H30N2O4S/c29-25-23-13-7-8-14-24(23)26(30)27(25)19-15-17-22(18-16-19)33(31,32)28(20-9-3-1-4-10-20)21-11-5-2-6-12-21/h7-8,13-18,20-21H,1-6,9-12H2. The van der Waals surface area contributed by atoms with Crippen LogP contribution in [0.5, 0.6) is 0 Å². The van der Waals surface area contributed by atoms with Gasteiger partial charge in [0.2, 0.25) is 10.0 Å². The molecule has 2 aromatic carbocycles. The number of imide groups is 1. The summed E-state index contributed by atoms with van der Waals surface area (Å²) >= 11 is 0. The molecule has 0 N–H and O–H groups in total. The maximum absolute atomic E-state index is 13.8. The monoisotopic (exact) mass is 466 g/mol. The van der Waals surface area contributed by atoms with Crippen molar-refractivity contribution in [3.63, 3.8) is 0 Å². The number of benzene rings is 2. The molecule has 33 heavy (non-hydrogen) atoms. The van der Waals surface area contributed by atoms with Crippen molar-refractivity contribution < 1.29 is 18.0 Å². The summed E-state index contributed by atoms with van der Waals surface area (Å²) in [5.41, 5.74) is 1.14. The van der Waals surface area contributed by atoms with Gasteiger partial charge in [-0.05, 0) is 62.1 Å². The largest absolute Gasteiger partial charge is 0.268 e. The number of fused-ring (bicyclic) bond motifs is 1. The third-order valence-corrected chi connectivity index (χ3v) is 9.35. The van der Waals surface area contributed by atoms with E-state index in [1.807, 2.05) is 4.31 Å². The summed E-state index contributed by atoms with van der Waals surface area (Å²) in [6, 6.07) is 13.1. The van der Waals surface area contributed by atoms with E-state index < -0.39 is 10.0 Å². The quantitative estimate of drug-likeness (QED) is 0.572. The minimum atomic E-state index is -3.68. The molecule has 7 heteroatoms. The molecule has 0 atom stereocenters. The SMILES string of the molecule is O=C1c2ccccc2C(=O)N1c1ccc(S(=O)(=O)N(C2CCCCC2)C2CCCCC2)cc1. The van der Waals surface area contributed by atoms with Gasteiger partial charge in [0.15, 0.2) is 0 Å². The first-order valence-electron chi connectivity index (χ1n) is 12.1. The molecule has 2 aromatic rings. The van der Waals surface area contributed by atoms with E-state index in [1.165, 1.54) is 12.8 Å². The van der Waals surface area contributed by atoms with E-state index in [0.29, 0.717) is 16.8 Å². The number of nitrogens with zero attached hydrogens (tertiary/aromatic N) is 2. The van der Waals surface area contributed by atoms with E-state index in [1.54, 1.807) is 48.5 Å². The van der Waals surface area contributed by atoms with Crippen LogP contribution in [0.15, 0.2) is 53.4 Å². The van der Waals surface area contributed by atoms with Crippen molar-refractivity contribution in [3.05, 3.63) is 59.7 Å². The van der Waals surface area contributed by atoms with Gasteiger partial charge in [-0.3, -0.25) is 9.59 Å². The summed E-state index contributed by atoms with van der Waals surface area (Å²) in [6.45, 7) is 0. The van der Waals surface area contributed by atoms with Crippen LogP contribution in [0.3, 0.4) is 0 Å². The van der Waals surface area contributed by atoms with Crippen molar-refractivity contribution in [2.45, 2.75) is 81.2 Å². The fourth-order valence-corrected chi connectivity index (χ4v) is 7.60.